The maximum Gasteiger partial charge on any atom is 0.369 e. The summed E-state index contributed by atoms with van der Waals surface area (Å²) < 4.78 is 52.2. The van der Waals surface area contributed by atoms with Crippen molar-refractivity contribution in [1.29, 1.82) is 0 Å². The Kier molecular flexibility index (Phi) is 12.1. The zero-order valence-electron chi connectivity index (χ0n) is 23.4. The van der Waals surface area contributed by atoms with Crippen molar-refractivity contribution >= 4 is 32.0 Å². The molecule has 0 aliphatic carbocycles. The lowest BCUT2D eigenvalue weighted by Crippen LogP contribution is -2.12. The van der Waals surface area contributed by atoms with E-state index in [4.69, 9.17) is 18.1 Å². The molecule has 0 saturated carbocycles. The molecule has 0 saturated heterocycles. The van der Waals surface area contributed by atoms with Crippen molar-refractivity contribution in [2.75, 3.05) is 26.4 Å². The predicted octanol–water partition coefficient (Wildman–Crippen LogP) is 9.23. The number of hydrogen-bond donors (Lipinski definition) is 1. The molecule has 0 aliphatic rings. The average molecular weight is 555 g/mol. The van der Waals surface area contributed by atoms with Crippen LogP contribution in [0.3, 0.4) is 0 Å². The summed E-state index contributed by atoms with van der Waals surface area (Å²) in [6.07, 6.45) is 3.96. The van der Waals surface area contributed by atoms with Crippen LogP contribution in [-0.2, 0) is 32.6 Å². The minimum absolute atomic E-state index is 0.112. The van der Waals surface area contributed by atoms with Crippen LogP contribution in [0.2, 0.25) is 0 Å². The second-order valence-corrected chi connectivity index (χ2v) is 14.3. The highest BCUT2D eigenvalue weighted by Gasteiger charge is 2.46. The molecule has 2 aromatic carbocycles. The van der Waals surface area contributed by atoms with Gasteiger partial charge in [-0.05, 0) is 54.2 Å². The van der Waals surface area contributed by atoms with E-state index in [1.807, 2.05) is 78.8 Å². The molecule has 0 bridgehead atoms. The molecule has 0 aliphatic heterocycles. The topological polar surface area (TPSA) is 91.3 Å². The van der Waals surface area contributed by atoms with E-state index in [-0.39, 0.29) is 42.6 Å². The normalized spacial score (nSPS) is 12.7. The van der Waals surface area contributed by atoms with Crippen LogP contribution in [-0.4, -0.2) is 31.5 Å². The van der Waals surface area contributed by atoms with Gasteiger partial charge in [-0.1, -0.05) is 72.7 Å². The summed E-state index contributed by atoms with van der Waals surface area (Å²) in [6.45, 7) is 14.2. The summed E-state index contributed by atoms with van der Waals surface area (Å²) in [7, 11) is -8.18. The highest BCUT2D eigenvalue weighted by atomic mass is 31.2. The Balaban J connectivity index is 2.97. The third-order valence-electron chi connectivity index (χ3n) is 5.56. The number of benzene rings is 2. The van der Waals surface area contributed by atoms with E-state index < -0.39 is 15.2 Å². The second kappa shape index (κ2) is 14.1. The van der Waals surface area contributed by atoms with Gasteiger partial charge in [0, 0.05) is 10.9 Å². The Bertz CT molecular complexity index is 1090. The molecule has 0 radical (unpaired) electrons. The maximum atomic E-state index is 14.4. The largest absolute Gasteiger partial charge is 0.507 e. The maximum absolute atomic E-state index is 14.4. The van der Waals surface area contributed by atoms with Gasteiger partial charge in [-0.15, -0.1) is 0 Å². The second-order valence-electron chi connectivity index (χ2n) is 9.99. The molecule has 0 heterocycles. The quantitative estimate of drug-likeness (QED) is 0.219. The van der Waals surface area contributed by atoms with Gasteiger partial charge in [-0.25, -0.2) is 0 Å². The molecule has 208 valence electrons. The number of phenolic OH excluding ortho intramolecular Hbond substituents is 1. The minimum atomic E-state index is -4.09. The third-order valence-corrected chi connectivity index (χ3v) is 10.5. The van der Waals surface area contributed by atoms with Gasteiger partial charge in [0.15, 0.2) is 5.06 Å². The molecule has 0 atom stereocenters. The number of fused-ring (bicyclic) bond motifs is 1. The monoisotopic (exact) mass is 554 g/mol. The van der Waals surface area contributed by atoms with Crippen LogP contribution in [0.15, 0.2) is 35.4 Å². The number of rotatable bonds is 15. The number of aromatic hydroxyl groups is 1. The van der Waals surface area contributed by atoms with Crippen molar-refractivity contribution in [3.63, 3.8) is 0 Å². The molecule has 0 spiro atoms. The van der Waals surface area contributed by atoms with E-state index in [9.17, 15) is 14.2 Å². The smallest absolute Gasteiger partial charge is 0.369 e. The highest BCUT2D eigenvalue weighted by Crippen LogP contribution is 2.74. The lowest BCUT2D eigenvalue weighted by Gasteiger charge is -2.27. The molecule has 37 heavy (non-hydrogen) atoms. The van der Waals surface area contributed by atoms with Crippen molar-refractivity contribution in [2.45, 2.75) is 79.6 Å². The fourth-order valence-corrected chi connectivity index (χ4v) is 8.57. The number of phenols is 1. The van der Waals surface area contributed by atoms with E-state index in [0.29, 0.717) is 47.6 Å². The van der Waals surface area contributed by atoms with Gasteiger partial charge in [-0.2, -0.15) is 0 Å². The van der Waals surface area contributed by atoms with Crippen molar-refractivity contribution < 1.29 is 32.3 Å². The van der Waals surface area contributed by atoms with Crippen molar-refractivity contribution in [2.24, 2.45) is 0 Å². The van der Waals surface area contributed by atoms with E-state index in [2.05, 4.69) is 0 Å². The minimum Gasteiger partial charge on any atom is -0.507 e. The van der Waals surface area contributed by atoms with Crippen LogP contribution in [0, 0.1) is 0 Å². The summed E-state index contributed by atoms with van der Waals surface area (Å²) in [6, 6.07) is 9.24. The molecule has 0 amide bonds. The van der Waals surface area contributed by atoms with E-state index in [1.165, 1.54) is 0 Å². The van der Waals surface area contributed by atoms with Crippen molar-refractivity contribution in [1.82, 2.24) is 0 Å². The Morgan fingerprint density at radius 3 is 1.57 bits per heavy atom. The molecular formula is C28H44O7P2. The summed E-state index contributed by atoms with van der Waals surface area (Å²) in [5.41, 5.74) is 0.933. The average Bonchev–Trinajstić information content (AvgIpc) is 2.87. The molecule has 7 nitrogen and oxygen atoms in total. The molecule has 0 unspecified atom stereocenters. The van der Waals surface area contributed by atoms with E-state index in [0.717, 1.165) is 0 Å². The fourth-order valence-electron chi connectivity index (χ4n) is 3.71. The van der Waals surface area contributed by atoms with Gasteiger partial charge < -0.3 is 23.2 Å². The highest BCUT2D eigenvalue weighted by molar-refractivity contribution is 7.79. The molecule has 2 aromatic rings. The van der Waals surface area contributed by atoms with Crippen molar-refractivity contribution in [3.05, 3.63) is 46.5 Å². The van der Waals surface area contributed by atoms with Crippen LogP contribution in [0.25, 0.3) is 16.8 Å². The number of hydrogen-bond acceptors (Lipinski definition) is 7. The lowest BCUT2D eigenvalue weighted by atomic mass is 9.83. The SMILES string of the molecule is CCCOP(=O)(OCCC)C(=Cc1cc(C(C)(C)C)c(O)c2ccccc12)P(=O)(OCCC)OCCC. The molecule has 0 aromatic heterocycles. The summed E-state index contributed by atoms with van der Waals surface area (Å²) >= 11 is 0. The summed E-state index contributed by atoms with van der Waals surface area (Å²) in [5, 5.41) is 12.3. The van der Waals surface area contributed by atoms with Crippen LogP contribution >= 0.6 is 15.2 Å². The summed E-state index contributed by atoms with van der Waals surface area (Å²) in [5.74, 6) is 0.182. The van der Waals surface area contributed by atoms with Gasteiger partial charge in [0.25, 0.3) is 0 Å². The third kappa shape index (κ3) is 8.02. The molecule has 1 N–H and O–H groups in total. The van der Waals surface area contributed by atoms with Gasteiger partial charge in [-0.3, -0.25) is 9.13 Å². The summed E-state index contributed by atoms with van der Waals surface area (Å²) in [4.78, 5) is 0. The van der Waals surface area contributed by atoms with Crippen molar-refractivity contribution in [3.8, 4) is 5.75 Å². The fraction of sp³-hybridized carbons (Fsp3) is 0.571. The van der Waals surface area contributed by atoms with Gasteiger partial charge in [0.05, 0.1) is 26.4 Å². The van der Waals surface area contributed by atoms with Crippen LogP contribution in [0.4, 0.5) is 0 Å². The van der Waals surface area contributed by atoms with Gasteiger partial charge in [0.2, 0.25) is 0 Å². The van der Waals surface area contributed by atoms with Crippen LogP contribution in [0.1, 0.15) is 85.3 Å². The first kappa shape index (κ1) is 31.8. The Labute approximate surface area is 222 Å². The Morgan fingerprint density at radius 2 is 1.19 bits per heavy atom. The predicted molar refractivity (Wildman–Crippen MR) is 152 cm³/mol. The Morgan fingerprint density at radius 1 is 0.784 bits per heavy atom. The van der Waals surface area contributed by atoms with E-state index in [1.54, 1.807) is 6.08 Å². The first-order valence-corrected chi connectivity index (χ1v) is 16.3. The molecule has 2 rings (SSSR count). The standard InChI is InChI=1S/C28H44O7P2/c1-8-16-32-36(30,33-17-9-2)26(37(31,34-18-10-3)35-19-11-4)21-22-20-25(28(5,6)7)27(29)24-15-13-12-14-23(22)24/h12-15,20-21,29H,8-11,16-19H2,1-7H3. The molecule has 9 heteroatoms. The molecular weight excluding hydrogens is 510 g/mol. The zero-order chi connectivity index (χ0) is 27.7. The molecule has 0 fully saturated rings. The van der Waals surface area contributed by atoms with Gasteiger partial charge in [0.1, 0.15) is 5.75 Å². The lowest BCUT2D eigenvalue weighted by molar-refractivity contribution is 0.199. The Hall–Kier alpha value is -1.46. The van der Waals surface area contributed by atoms with E-state index >= 15 is 0 Å². The zero-order valence-corrected chi connectivity index (χ0v) is 25.2. The first-order chi connectivity index (χ1) is 17.5. The van der Waals surface area contributed by atoms with Gasteiger partial charge >= 0.3 is 15.2 Å². The van der Waals surface area contributed by atoms with Crippen LogP contribution < -0.4 is 0 Å². The first-order valence-electron chi connectivity index (χ1n) is 13.2. The van der Waals surface area contributed by atoms with Crippen LogP contribution in [0.5, 0.6) is 5.75 Å².